The number of aryl methyl sites for hydroxylation is 3. The molecule has 0 bridgehead atoms. The van der Waals surface area contributed by atoms with Gasteiger partial charge in [-0.3, -0.25) is 4.40 Å². The first kappa shape index (κ1) is 21.5. The molecule has 162 valence electrons. The third-order valence-electron chi connectivity index (χ3n) is 5.34. The molecule has 0 spiro atoms. The van der Waals surface area contributed by atoms with Crippen molar-refractivity contribution >= 4 is 28.4 Å². The standard InChI is InChI=1S/C23H20FN5.O2S/c1-4-15-12-18(16-5-7-17(24)8-6-16)21-25-9-10-29(21)20(15)23-27-19-11-14(2)13-26-22(19)28(23)3;1-3-2/h5-13H,4H2,1-3H3;. The SMILES string of the molecule is CCc1cc(-c2ccc(F)cc2)c2nccn2c1-c1nc2cc(C)cnc2n1C.O=S=O. The fourth-order valence-corrected chi connectivity index (χ4v) is 3.90. The molecule has 7 nitrogen and oxygen atoms in total. The van der Waals surface area contributed by atoms with Crippen LogP contribution in [-0.4, -0.2) is 32.3 Å². The number of hydrogen-bond acceptors (Lipinski definition) is 5. The molecule has 4 aromatic heterocycles. The number of rotatable bonds is 3. The van der Waals surface area contributed by atoms with Crippen LogP contribution >= 0.6 is 0 Å². The predicted octanol–water partition coefficient (Wildman–Crippen LogP) is 4.29. The second-order valence-corrected chi connectivity index (χ2v) is 7.47. The van der Waals surface area contributed by atoms with Gasteiger partial charge in [-0.2, -0.15) is 8.42 Å². The lowest BCUT2D eigenvalue weighted by atomic mass is 10.0. The van der Waals surface area contributed by atoms with Crippen LogP contribution in [0.25, 0.3) is 39.5 Å². The monoisotopic (exact) mass is 449 g/mol. The second-order valence-electron chi connectivity index (χ2n) is 7.33. The van der Waals surface area contributed by atoms with Crippen LogP contribution in [0.3, 0.4) is 0 Å². The smallest absolute Gasteiger partial charge is 0.311 e. The molecule has 0 aliphatic rings. The van der Waals surface area contributed by atoms with E-state index in [0.29, 0.717) is 0 Å². The molecule has 5 rings (SSSR count). The summed E-state index contributed by atoms with van der Waals surface area (Å²) in [6, 6.07) is 10.7. The molecule has 0 saturated carbocycles. The molecular formula is C23H20FN5O2S. The molecular weight excluding hydrogens is 429 g/mol. The number of benzene rings is 1. The zero-order chi connectivity index (χ0) is 22.8. The average Bonchev–Trinajstić information content (AvgIpc) is 3.38. The summed E-state index contributed by atoms with van der Waals surface area (Å²) in [7, 11) is 1.99. The van der Waals surface area contributed by atoms with Gasteiger partial charge in [0.2, 0.25) is 0 Å². The summed E-state index contributed by atoms with van der Waals surface area (Å²) in [5, 5.41) is 0. The molecule has 5 aromatic rings. The highest BCUT2D eigenvalue weighted by atomic mass is 32.1. The Morgan fingerprint density at radius 3 is 2.47 bits per heavy atom. The molecule has 0 atom stereocenters. The Labute approximate surface area is 187 Å². The number of nitrogens with zero attached hydrogens (tertiary/aromatic N) is 5. The van der Waals surface area contributed by atoms with Crippen LogP contribution in [0, 0.1) is 12.7 Å². The molecule has 32 heavy (non-hydrogen) atoms. The van der Waals surface area contributed by atoms with Gasteiger partial charge >= 0.3 is 11.6 Å². The Morgan fingerprint density at radius 2 is 1.78 bits per heavy atom. The first-order chi connectivity index (χ1) is 15.5. The number of hydrogen-bond donors (Lipinski definition) is 0. The summed E-state index contributed by atoms with van der Waals surface area (Å²) in [5.74, 6) is 0.603. The maximum absolute atomic E-state index is 13.4. The maximum atomic E-state index is 13.4. The quantitative estimate of drug-likeness (QED) is 0.410. The van der Waals surface area contributed by atoms with Gasteiger partial charge < -0.3 is 4.57 Å². The van der Waals surface area contributed by atoms with Gasteiger partial charge in [0.25, 0.3) is 0 Å². The number of fused-ring (bicyclic) bond motifs is 2. The highest BCUT2D eigenvalue weighted by molar-refractivity contribution is 7.51. The fourth-order valence-electron chi connectivity index (χ4n) is 3.90. The summed E-state index contributed by atoms with van der Waals surface area (Å²) >= 11 is -0.750. The average molecular weight is 450 g/mol. The number of imidazole rings is 2. The van der Waals surface area contributed by atoms with Crippen molar-refractivity contribution in [2.45, 2.75) is 20.3 Å². The molecule has 0 amide bonds. The largest absolute Gasteiger partial charge is 0.335 e. The molecule has 0 aliphatic heterocycles. The van der Waals surface area contributed by atoms with Gasteiger partial charge in [0.1, 0.15) is 17.0 Å². The van der Waals surface area contributed by atoms with Gasteiger partial charge in [-0.15, -0.1) is 0 Å². The van der Waals surface area contributed by atoms with E-state index in [1.165, 1.54) is 12.1 Å². The van der Waals surface area contributed by atoms with Crippen molar-refractivity contribution in [3.8, 4) is 22.6 Å². The zero-order valence-electron chi connectivity index (χ0n) is 17.7. The fraction of sp³-hybridized carbons (Fsp3) is 0.174. The topological polar surface area (TPSA) is 82.2 Å². The summed E-state index contributed by atoms with van der Waals surface area (Å²) in [5.41, 5.74) is 7.68. The Balaban J connectivity index is 0.000000775. The Hall–Kier alpha value is -3.72. The van der Waals surface area contributed by atoms with Gasteiger partial charge in [-0.25, -0.2) is 19.3 Å². The van der Waals surface area contributed by atoms with Gasteiger partial charge in [0.05, 0.1) is 5.69 Å². The van der Waals surface area contributed by atoms with Crippen LogP contribution in [0.2, 0.25) is 0 Å². The third kappa shape index (κ3) is 3.71. The van der Waals surface area contributed by atoms with E-state index in [9.17, 15) is 4.39 Å². The van der Waals surface area contributed by atoms with Crippen molar-refractivity contribution < 1.29 is 12.8 Å². The summed E-state index contributed by atoms with van der Waals surface area (Å²) < 4.78 is 34.1. The summed E-state index contributed by atoms with van der Waals surface area (Å²) in [4.78, 5) is 14.1. The van der Waals surface area contributed by atoms with E-state index in [4.69, 9.17) is 13.4 Å². The van der Waals surface area contributed by atoms with Crippen LogP contribution < -0.4 is 0 Å². The lowest BCUT2D eigenvalue weighted by molar-refractivity contribution is 0.628. The van der Waals surface area contributed by atoms with Crippen LogP contribution in [0.15, 0.2) is 55.0 Å². The van der Waals surface area contributed by atoms with E-state index in [-0.39, 0.29) is 5.82 Å². The molecule has 0 aliphatic carbocycles. The molecule has 0 N–H and O–H groups in total. The van der Waals surface area contributed by atoms with Gasteiger partial charge in [0, 0.05) is 31.2 Å². The molecule has 1 aromatic carbocycles. The van der Waals surface area contributed by atoms with E-state index >= 15 is 0 Å². The minimum Gasteiger partial charge on any atom is -0.311 e. The van der Waals surface area contributed by atoms with Crippen LogP contribution in [-0.2, 0) is 25.0 Å². The number of aromatic nitrogens is 5. The Morgan fingerprint density at radius 1 is 1.06 bits per heavy atom. The number of pyridine rings is 2. The molecule has 0 unspecified atom stereocenters. The van der Waals surface area contributed by atoms with E-state index in [1.807, 2.05) is 30.9 Å². The summed E-state index contributed by atoms with van der Waals surface area (Å²) in [6.45, 7) is 4.14. The van der Waals surface area contributed by atoms with E-state index in [2.05, 4.69) is 33.4 Å². The Kier molecular flexibility index (Phi) is 5.91. The van der Waals surface area contributed by atoms with E-state index < -0.39 is 11.6 Å². The van der Waals surface area contributed by atoms with E-state index in [1.54, 1.807) is 18.3 Å². The van der Waals surface area contributed by atoms with Crippen molar-refractivity contribution in [1.82, 2.24) is 23.9 Å². The molecule has 9 heteroatoms. The first-order valence-corrected chi connectivity index (χ1v) is 10.6. The highest BCUT2D eigenvalue weighted by Crippen LogP contribution is 2.33. The van der Waals surface area contributed by atoms with Crippen LogP contribution in [0.1, 0.15) is 18.1 Å². The number of halogens is 1. The predicted molar refractivity (Wildman–Crippen MR) is 121 cm³/mol. The van der Waals surface area contributed by atoms with Gasteiger partial charge in [0.15, 0.2) is 11.5 Å². The first-order valence-electron chi connectivity index (χ1n) is 9.94. The van der Waals surface area contributed by atoms with Crippen molar-refractivity contribution in [3.05, 3.63) is 71.9 Å². The molecule has 4 heterocycles. The normalized spacial score (nSPS) is 10.9. The lowest BCUT2D eigenvalue weighted by Crippen LogP contribution is -2.04. The minimum atomic E-state index is -0.750. The third-order valence-corrected chi connectivity index (χ3v) is 5.34. The van der Waals surface area contributed by atoms with Crippen molar-refractivity contribution in [1.29, 1.82) is 0 Å². The zero-order valence-corrected chi connectivity index (χ0v) is 18.6. The lowest BCUT2D eigenvalue weighted by Gasteiger charge is -2.15. The van der Waals surface area contributed by atoms with Crippen molar-refractivity contribution in [2.75, 3.05) is 0 Å². The molecule has 0 saturated heterocycles. The van der Waals surface area contributed by atoms with Crippen molar-refractivity contribution in [2.24, 2.45) is 7.05 Å². The van der Waals surface area contributed by atoms with Gasteiger partial charge in [-0.1, -0.05) is 19.1 Å². The van der Waals surface area contributed by atoms with Crippen molar-refractivity contribution in [3.63, 3.8) is 0 Å². The Bertz CT molecular complexity index is 1470. The van der Waals surface area contributed by atoms with E-state index in [0.717, 1.165) is 57.0 Å². The van der Waals surface area contributed by atoms with Crippen LogP contribution in [0.4, 0.5) is 4.39 Å². The highest BCUT2D eigenvalue weighted by Gasteiger charge is 2.20. The van der Waals surface area contributed by atoms with Crippen LogP contribution in [0.5, 0.6) is 0 Å². The molecule has 0 radical (unpaired) electrons. The van der Waals surface area contributed by atoms with Gasteiger partial charge in [-0.05, 0) is 54.3 Å². The maximum Gasteiger partial charge on any atom is 0.335 e. The minimum absolute atomic E-state index is 0.247. The second kappa shape index (κ2) is 8.80. The summed E-state index contributed by atoms with van der Waals surface area (Å²) in [6.07, 6.45) is 6.43. The molecule has 0 fully saturated rings.